The zero-order valence-corrected chi connectivity index (χ0v) is 29.8. The molecule has 3 amide bonds. The maximum absolute atomic E-state index is 14.4. The fraction of sp³-hybridized carbons (Fsp3) is 0.500. The van der Waals surface area contributed by atoms with Crippen LogP contribution >= 0.6 is 0 Å². The minimum absolute atomic E-state index is 0.0261. The van der Waals surface area contributed by atoms with Gasteiger partial charge in [-0.1, -0.05) is 6.92 Å². The molecule has 2 aliphatic heterocycles. The minimum atomic E-state index is -3.90. The summed E-state index contributed by atoms with van der Waals surface area (Å²) in [6.45, 7) is 5.88. The van der Waals surface area contributed by atoms with E-state index in [0.717, 1.165) is 12.8 Å². The van der Waals surface area contributed by atoms with Gasteiger partial charge in [-0.2, -0.15) is 4.31 Å². The van der Waals surface area contributed by atoms with Crippen molar-refractivity contribution in [1.82, 2.24) is 18.8 Å². The van der Waals surface area contributed by atoms with Crippen molar-refractivity contribution in [2.24, 2.45) is 13.0 Å². The number of aliphatic hydroxyl groups excluding tert-OH is 1. The molecule has 3 N–H and O–H groups in total. The first-order valence-corrected chi connectivity index (χ1v) is 18.1. The van der Waals surface area contributed by atoms with Gasteiger partial charge in [-0.15, -0.1) is 0 Å². The highest BCUT2D eigenvalue weighted by molar-refractivity contribution is 7.89. The van der Waals surface area contributed by atoms with Crippen LogP contribution in [0.4, 0.5) is 16.2 Å². The quantitative estimate of drug-likeness (QED) is 0.311. The summed E-state index contributed by atoms with van der Waals surface area (Å²) in [7, 11) is -0.720. The number of carbonyl (C=O) groups excluding carboxylic acids is 2. The van der Waals surface area contributed by atoms with Crippen LogP contribution in [-0.4, -0.2) is 103 Å². The van der Waals surface area contributed by atoms with Gasteiger partial charge in [-0.25, -0.2) is 18.2 Å². The Morgan fingerprint density at radius 2 is 1.78 bits per heavy atom. The second-order valence-electron chi connectivity index (χ2n) is 12.8. The normalized spacial score (nSPS) is 20.8. The van der Waals surface area contributed by atoms with E-state index in [1.54, 1.807) is 54.9 Å². The zero-order chi connectivity index (χ0) is 36.0. The van der Waals surface area contributed by atoms with Gasteiger partial charge >= 0.3 is 6.03 Å². The molecule has 0 saturated heterocycles. The Balaban J connectivity index is 1.39. The van der Waals surface area contributed by atoms with Crippen LogP contribution in [0.3, 0.4) is 0 Å². The third-order valence-electron chi connectivity index (χ3n) is 8.73. The molecule has 3 aromatic rings. The number of aromatic nitrogens is 2. The van der Waals surface area contributed by atoms with Crippen molar-refractivity contribution in [3.05, 3.63) is 54.5 Å². The maximum Gasteiger partial charge on any atom is 0.323 e. The Bertz CT molecular complexity index is 1770. The van der Waals surface area contributed by atoms with Crippen molar-refractivity contribution in [2.75, 3.05) is 50.8 Å². The summed E-state index contributed by atoms with van der Waals surface area (Å²) in [6, 6.07) is 8.76. The van der Waals surface area contributed by atoms with Gasteiger partial charge in [0.25, 0.3) is 15.9 Å². The highest BCUT2D eigenvalue weighted by atomic mass is 32.2. The van der Waals surface area contributed by atoms with Gasteiger partial charge in [0.15, 0.2) is 16.5 Å². The SMILES string of the molecule is C[C@@H]1CN([C@H](C)CO)C(=O)c2cc(NC(=O)Nc3ccc4c(c3)OCO4)ccc2O[C@@H](C)CCCCO[C@H]1CN(C)S(=O)(=O)c1cn(C)cn1. The van der Waals surface area contributed by atoms with Crippen molar-refractivity contribution < 1.29 is 42.1 Å². The van der Waals surface area contributed by atoms with Gasteiger partial charge < -0.3 is 44.2 Å². The molecule has 2 aliphatic rings. The van der Waals surface area contributed by atoms with E-state index in [4.69, 9.17) is 18.9 Å². The number of urea groups is 1. The molecule has 0 aliphatic carbocycles. The summed E-state index contributed by atoms with van der Waals surface area (Å²) < 4.78 is 52.7. The second kappa shape index (κ2) is 16.1. The summed E-state index contributed by atoms with van der Waals surface area (Å²) >= 11 is 0. The monoisotopic (exact) mass is 714 g/mol. The molecule has 16 heteroatoms. The van der Waals surface area contributed by atoms with Gasteiger partial charge in [0.2, 0.25) is 6.79 Å². The van der Waals surface area contributed by atoms with Crippen molar-refractivity contribution >= 4 is 33.3 Å². The summed E-state index contributed by atoms with van der Waals surface area (Å²) in [4.78, 5) is 32.9. The van der Waals surface area contributed by atoms with Gasteiger partial charge in [0.1, 0.15) is 5.75 Å². The number of benzene rings is 2. The number of carbonyl (C=O) groups is 2. The maximum atomic E-state index is 14.4. The van der Waals surface area contributed by atoms with Crippen molar-refractivity contribution in [2.45, 2.75) is 63.3 Å². The molecule has 0 unspecified atom stereocenters. The lowest BCUT2D eigenvalue weighted by molar-refractivity contribution is -0.00835. The highest BCUT2D eigenvalue weighted by Crippen LogP contribution is 2.34. The number of imidazole rings is 1. The summed E-state index contributed by atoms with van der Waals surface area (Å²) in [5.74, 6) is 0.677. The van der Waals surface area contributed by atoms with E-state index in [9.17, 15) is 23.1 Å². The number of hydrogen-bond donors (Lipinski definition) is 3. The highest BCUT2D eigenvalue weighted by Gasteiger charge is 2.33. The Morgan fingerprint density at radius 1 is 1.08 bits per heavy atom. The first-order valence-electron chi connectivity index (χ1n) is 16.6. The molecule has 1 aromatic heterocycles. The number of aliphatic hydroxyl groups is 1. The lowest BCUT2D eigenvalue weighted by Gasteiger charge is -2.35. The predicted molar refractivity (Wildman–Crippen MR) is 185 cm³/mol. The first kappa shape index (κ1) is 36.9. The Kier molecular flexibility index (Phi) is 11.9. The molecule has 4 atom stereocenters. The van der Waals surface area contributed by atoms with E-state index in [1.807, 2.05) is 13.8 Å². The standard InChI is InChI=1S/C34H46N6O9S/c1-22-16-40(23(2)19-41)33(42)27-14-25(36-34(43)37-26-10-12-29-30(15-26)48-21-47-29)9-11-28(27)49-24(3)8-6-7-13-46-31(22)17-39(5)50(44,45)32-18-38(4)20-35-32/h9-12,14-15,18,20,22-24,31,41H,6-8,13,16-17,19,21H2,1-5H3,(H2,36,37,43)/t22-,23-,24+,31+/m1/s1. The number of likely N-dealkylation sites (N-methyl/N-ethyl adjacent to an activating group) is 1. The molecule has 5 rings (SSSR count). The average molecular weight is 715 g/mol. The molecule has 0 radical (unpaired) electrons. The van der Waals surface area contributed by atoms with E-state index in [0.29, 0.717) is 41.7 Å². The third-order valence-corrected chi connectivity index (χ3v) is 10.4. The van der Waals surface area contributed by atoms with Crippen LogP contribution in [0.1, 0.15) is 50.4 Å². The van der Waals surface area contributed by atoms with Crippen LogP contribution in [0.25, 0.3) is 0 Å². The molecule has 15 nitrogen and oxygen atoms in total. The van der Waals surface area contributed by atoms with Crippen LogP contribution in [0.2, 0.25) is 0 Å². The van der Waals surface area contributed by atoms with Crippen LogP contribution < -0.4 is 24.8 Å². The number of nitrogens with zero attached hydrogens (tertiary/aromatic N) is 4. The number of fused-ring (bicyclic) bond motifs is 2. The lowest BCUT2D eigenvalue weighted by atomic mass is 10.0. The lowest BCUT2D eigenvalue weighted by Crippen LogP contribution is -2.48. The molecule has 2 aromatic carbocycles. The summed E-state index contributed by atoms with van der Waals surface area (Å²) in [5, 5.41) is 15.7. The minimum Gasteiger partial charge on any atom is -0.490 e. The predicted octanol–water partition coefficient (Wildman–Crippen LogP) is 3.91. The van der Waals surface area contributed by atoms with E-state index in [1.165, 1.54) is 28.8 Å². The van der Waals surface area contributed by atoms with Crippen molar-refractivity contribution in [3.63, 3.8) is 0 Å². The van der Waals surface area contributed by atoms with E-state index >= 15 is 0 Å². The van der Waals surface area contributed by atoms with Gasteiger partial charge in [0, 0.05) is 63.3 Å². The van der Waals surface area contributed by atoms with Gasteiger partial charge in [-0.3, -0.25) is 4.79 Å². The first-order chi connectivity index (χ1) is 23.8. The topological polar surface area (TPSA) is 174 Å². The number of hydrogen-bond acceptors (Lipinski definition) is 10. The second-order valence-corrected chi connectivity index (χ2v) is 14.8. The Labute approximate surface area is 292 Å². The molecule has 272 valence electrons. The van der Waals surface area contributed by atoms with Crippen LogP contribution in [0, 0.1) is 5.92 Å². The van der Waals surface area contributed by atoms with Gasteiger partial charge in [0.05, 0.1) is 36.7 Å². The van der Waals surface area contributed by atoms with E-state index in [-0.39, 0.29) is 49.1 Å². The molecule has 0 spiro atoms. The average Bonchev–Trinajstić information content (AvgIpc) is 3.75. The van der Waals surface area contributed by atoms with Crippen molar-refractivity contribution in [1.29, 1.82) is 0 Å². The van der Waals surface area contributed by atoms with Crippen molar-refractivity contribution in [3.8, 4) is 17.2 Å². The number of nitrogens with one attached hydrogen (secondary N) is 2. The van der Waals surface area contributed by atoms with E-state index < -0.39 is 34.1 Å². The summed E-state index contributed by atoms with van der Waals surface area (Å²) in [5.41, 5.74) is 1.04. The number of ether oxygens (including phenoxy) is 4. The third kappa shape index (κ3) is 8.85. The number of anilines is 2. The number of sulfonamides is 1. The molecular formula is C34H46N6O9S. The molecule has 0 fully saturated rings. The zero-order valence-electron chi connectivity index (χ0n) is 29.0. The van der Waals surface area contributed by atoms with E-state index in [2.05, 4.69) is 15.6 Å². The number of aryl methyl sites for hydroxylation is 1. The Hall–Kier alpha value is -4.38. The molecule has 3 heterocycles. The van der Waals surface area contributed by atoms with Crippen LogP contribution in [0.15, 0.2) is 53.9 Å². The number of rotatable bonds is 8. The number of amides is 3. The Morgan fingerprint density at radius 3 is 2.48 bits per heavy atom. The van der Waals surface area contributed by atoms with Gasteiger partial charge in [-0.05, 0) is 63.4 Å². The van der Waals surface area contributed by atoms with Crippen LogP contribution in [-0.2, 0) is 21.8 Å². The van der Waals surface area contributed by atoms with Crippen LogP contribution in [0.5, 0.6) is 17.2 Å². The largest absolute Gasteiger partial charge is 0.490 e. The fourth-order valence-electron chi connectivity index (χ4n) is 5.76. The summed E-state index contributed by atoms with van der Waals surface area (Å²) in [6.07, 6.45) is 4.22. The molecule has 0 saturated carbocycles. The smallest absolute Gasteiger partial charge is 0.323 e. The molecular weight excluding hydrogens is 668 g/mol. The molecule has 50 heavy (non-hydrogen) atoms. The molecule has 0 bridgehead atoms. The fourth-order valence-corrected chi connectivity index (χ4v) is 6.91.